The molecule has 0 aromatic carbocycles. The first-order valence-corrected chi connectivity index (χ1v) is 6.64. The Labute approximate surface area is 118 Å². The van der Waals surface area contributed by atoms with Crippen molar-refractivity contribution < 1.29 is 13.2 Å². The van der Waals surface area contributed by atoms with Crippen molar-refractivity contribution in [2.24, 2.45) is 5.92 Å². The van der Waals surface area contributed by atoms with Crippen LogP contribution in [0.5, 0.6) is 0 Å². The van der Waals surface area contributed by atoms with Gasteiger partial charge in [-0.05, 0) is 38.6 Å². The van der Waals surface area contributed by atoms with Crippen LogP contribution in [-0.4, -0.2) is 36.6 Å². The molecule has 0 saturated carbocycles. The van der Waals surface area contributed by atoms with E-state index in [9.17, 15) is 13.2 Å². The van der Waals surface area contributed by atoms with Crippen LogP contribution in [-0.2, 0) is 6.18 Å². The maximum absolute atomic E-state index is 12.6. The summed E-state index contributed by atoms with van der Waals surface area (Å²) in [6.07, 6.45) is -3.54. The Morgan fingerprint density at radius 2 is 1.90 bits per heavy atom. The molecule has 1 unspecified atom stereocenters. The topological polar surface area (TPSA) is 28.2 Å². The van der Waals surface area contributed by atoms with Crippen molar-refractivity contribution in [3.63, 3.8) is 0 Å². The first-order valence-electron chi connectivity index (χ1n) is 6.64. The highest BCUT2D eigenvalue weighted by atomic mass is 19.4. The number of alkyl halides is 3. The largest absolute Gasteiger partial charge is 0.433 e. The monoisotopic (exact) mass is 289 g/mol. The number of pyridine rings is 1. The van der Waals surface area contributed by atoms with Gasteiger partial charge in [0.2, 0.25) is 0 Å². The molecule has 20 heavy (non-hydrogen) atoms. The van der Waals surface area contributed by atoms with Gasteiger partial charge in [-0.3, -0.25) is 0 Å². The van der Waals surface area contributed by atoms with Crippen molar-refractivity contribution in [2.45, 2.75) is 32.5 Å². The van der Waals surface area contributed by atoms with E-state index in [0.29, 0.717) is 5.92 Å². The number of nitrogens with one attached hydrogen (secondary N) is 1. The van der Waals surface area contributed by atoms with E-state index in [4.69, 9.17) is 0 Å². The fourth-order valence-corrected chi connectivity index (χ4v) is 2.07. The standard InChI is InChI=1S/C14H22F3N3/c1-10(2)8-11(9-20(3)4)18-13-7-5-6-12(19-13)14(15,16)17/h5-7,10-11H,8-9H2,1-4H3,(H,18,19). The van der Waals surface area contributed by atoms with Crippen LogP contribution in [0.15, 0.2) is 18.2 Å². The van der Waals surface area contributed by atoms with Gasteiger partial charge in [0.15, 0.2) is 0 Å². The zero-order valence-electron chi connectivity index (χ0n) is 12.3. The number of halogens is 3. The third kappa shape index (κ3) is 5.77. The van der Waals surface area contributed by atoms with E-state index < -0.39 is 11.9 Å². The number of aromatic nitrogens is 1. The molecule has 0 saturated heterocycles. The quantitative estimate of drug-likeness (QED) is 0.869. The molecule has 1 heterocycles. The van der Waals surface area contributed by atoms with E-state index in [2.05, 4.69) is 24.1 Å². The predicted molar refractivity (Wildman–Crippen MR) is 74.7 cm³/mol. The molecule has 1 aromatic heterocycles. The summed E-state index contributed by atoms with van der Waals surface area (Å²) < 4.78 is 37.9. The normalized spacial score (nSPS) is 13.8. The lowest BCUT2D eigenvalue weighted by molar-refractivity contribution is -0.141. The van der Waals surface area contributed by atoms with Crippen LogP contribution in [0.3, 0.4) is 0 Å². The second kappa shape index (κ2) is 6.92. The number of likely N-dealkylation sites (N-methyl/N-ethyl adjacent to an activating group) is 1. The van der Waals surface area contributed by atoms with Gasteiger partial charge in [-0.15, -0.1) is 0 Å². The number of hydrogen-bond donors (Lipinski definition) is 1. The van der Waals surface area contributed by atoms with Gasteiger partial charge in [-0.2, -0.15) is 13.2 Å². The average Bonchev–Trinajstić information content (AvgIpc) is 2.26. The molecule has 0 spiro atoms. The average molecular weight is 289 g/mol. The van der Waals surface area contributed by atoms with Crippen LogP contribution in [0.1, 0.15) is 26.0 Å². The Balaban J connectivity index is 2.82. The number of anilines is 1. The van der Waals surface area contributed by atoms with Crippen LogP contribution in [0.2, 0.25) is 0 Å². The van der Waals surface area contributed by atoms with Crippen molar-refractivity contribution >= 4 is 5.82 Å². The molecule has 1 atom stereocenters. The van der Waals surface area contributed by atoms with Gasteiger partial charge >= 0.3 is 6.18 Å². The predicted octanol–water partition coefficient (Wildman–Crippen LogP) is 3.49. The summed E-state index contributed by atoms with van der Waals surface area (Å²) in [5.74, 6) is 0.727. The van der Waals surface area contributed by atoms with Gasteiger partial charge in [-0.1, -0.05) is 19.9 Å². The minimum Gasteiger partial charge on any atom is -0.366 e. The second-order valence-electron chi connectivity index (χ2n) is 5.64. The van der Waals surface area contributed by atoms with Crippen molar-refractivity contribution in [3.8, 4) is 0 Å². The fourth-order valence-electron chi connectivity index (χ4n) is 2.07. The molecular weight excluding hydrogens is 267 g/mol. The van der Waals surface area contributed by atoms with Gasteiger partial charge in [0, 0.05) is 12.6 Å². The van der Waals surface area contributed by atoms with E-state index in [-0.39, 0.29) is 11.9 Å². The van der Waals surface area contributed by atoms with Crippen LogP contribution in [0, 0.1) is 5.92 Å². The van der Waals surface area contributed by atoms with Crippen molar-refractivity contribution in [1.29, 1.82) is 0 Å². The number of hydrogen-bond acceptors (Lipinski definition) is 3. The molecular formula is C14H22F3N3. The first-order chi connectivity index (χ1) is 9.18. The molecule has 1 rings (SSSR count). The summed E-state index contributed by atoms with van der Waals surface area (Å²) in [7, 11) is 3.88. The molecule has 0 aliphatic heterocycles. The van der Waals surface area contributed by atoms with Crippen molar-refractivity contribution in [3.05, 3.63) is 23.9 Å². The molecule has 0 aliphatic rings. The summed E-state index contributed by atoms with van der Waals surface area (Å²) in [6, 6.07) is 3.99. The van der Waals surface area contributed by atoms with E-state index in [0.717, 1.165) is 19.0 Å². The Hall–Kier alpha value is -1.30. The Bertz CT molecular complexity index is 406. The molecule has 1 N–H and O–H groups in total. The lowest BCUT2D eigenvalue weighted by atomic mass is 10.0. The highest BCUT2D eigenvalue weighted by Crippen LogP contribution is 2.28. The highest BCUT2D eigenvalue weighted by Gasteiger charge is 2.32. The second-order valence-corrected chi connectivity index (χ2v) is 5.64. The molecule has 0 radical (unpaired) electrons. The third-order valence-corrected chi connectivity index (χ3v) is 2.73. The number of rotatable bonds is 6. The molecule has 6 heteroatoms. The van der Waals surface area contributed by atoms with Gasteiger partial charge in [0.25, 0.3) is 0 Å². The zero-order chi connectivity index (χ0) is 15.3. The smallest absolute Gasteiger partial charge is 0.366 e. The minimum absolute atomic E-state index is 0.0704. The molecule has 3 nitrogen and oxygen atoms in total. The summed E-state index contributed by atoms with van der Waals surface area (Å²) in [4.78, 5) is 5.65. The zero-order valence-corrected chi connectivity index (χ0v) is 12.3. The van der Waals surface area contributed by atoms with E-state index in [1.54, 1.807) is 6.07 Å². The Kier molecular flexibility index (Phi) is 5.80. The summed E-state index contributed by atoms with van der Waals surface area (Å²) in [5.41, 5.74) is -0.865. The van der Waals surface area contributed by atoms with E-state index in [1.807, 2.05) is 19.0 Å². The minimum atomic E-state index is -4.41. The van der Waals surface area contributed by atoms with E-state index >= 15 is 0 Å². The van der Waals surface area contributed by atoms with Crippen molar-refractivity contribution in [2.75, 3.05) is 26.0 Å². The molecule has 0 aliphatic carbocycles. The van der Waals surface area contributed by atoms with Gasteiger partial charge in [0.05, 0.1) is 0 Å². The SMILES string of the molecule is CC(C)CC(CN(C)C)Nc1cccc(C(F)(F)F)n1. The Morgan fingerprint density at radius 3 is 2.40 bits per heavy atom. The van der Waals surface area contributed by atoms with Gasteiger partial charge in [0.1, 0.15) is 11.5 Å². The van der Waals surface area contributed by atoms with Crippen LogP contribution >= 0.6 is 0 Å². The molecule has 0 fully saturated rings. The number of nitrogens with zero attached hydrogens (tertiary/aromatic N) is 2. The lowest BCUT2D eigenvalue weighted by Crippen LogP contribution is -2.34. The maximum atomic E-state index is 12.6. The van der Waals surface area contributed by atoms with Gasteiger partial charge < -0.3 is 10.2 Å². The maximum Gasteiger partial charge on any atom is 0.433 e. The van der Waals surface area contributed by atoms with Crippen molar-refractivity contribution in [1.82, 2.24) is 9.88 Å². The van der Waals surface area contributed by atoms with Crippen LogP contribution in [0.4, 0.5) is 19.0 Å². The highest BCUT2D eigenvalue weighted by molar-refractivity contribution is 5.37. The van der Waals surface area contributed by atoms with Gasteiger partial charge in [-0.25, -0.2) is 4.98 Å². The summed E-state index contributed by atoms with van der Waals surface area (Å²) in [6.45, 7) is 4.92. The molecule has 0 amide bonds. The molecule has 0 bridgehead atoms. The third-order valence-electron chi connectivity index (χ3n) is 2.73. The molecule has 1 aromatic rings. The van der Waals surface area contributed by atoms with E-state index in [1.165, 1.54) is 6.07 Å². The lowest BCUT2D eigenvalue weighted by Gasteiger charge is -2.24. The summed E-state index contributed by atoms with van der Waals surface area (Å²) in [5, 5.41) is 3.10. The van der Waals surface area contributed by atoms with Crippen LogP contribution in [0.25, 0.3) is 0 Å². The Morgan fingerprint density at radius 1 is 1.25 bits per heavy atom. The fraction of sp³-hybridized carbons (Fsp3) is 0.643. The first kappa shape index (κ1) is 16.8. The molecule has 114 valence electrons. The van der Waals surface area contributed by atoms with Crippen LogP contribution < -0.4 is 5.32 Å². The summed E-state index contributed by atoms with van der Waals surface area (Å²) >= 11 is 0.